The summed E-state index contributed by atoms with van der Waals surface area (Å²) in [7, 11) is 0. The fraction of sp³-hybridized carbons (Fsp3) is 0.0833. The maximum Gasteiger partial charge on any atom is 0.264 e. The van der Waals surface area contributed by atoms with Crippen LogP contribution in [0.5, 0.6) is 0 Å². The molecule has 0 bridgehead atoms. The van der Waals surface area contributed by atoms with Crippen LogP contribution in [0.4, 0.5) is 0 Å². The van der Waals surface area contributed by atoms with E-state index >= 15 is 0 Å². The average Bonchev–Trinajstić information content (AvgIpc) is 3.48. The number of furan rings is 1. The molecular formula is C24H18ClN5O3. The molecule has 0 fully saturated rings. The second kappa shape index (κ2) is 8.76. The van der Waals surface area contributed by atoms with Crippen molar-refractivity contribution in [2.24, 2.45) is 0 Å². The molecule has 0 aliphatic carbocycles. The van der Waals surface area contributed by atoms with Gasteiger partial charge in [0.1, 0.15) is 29.8 Å². The van der Waals surface area contributed by atoms with E-state index in [0.29, 0.717) is 27.6 Å². The minimum Gasteiger partial charge on any atom is -0.459 e. The summed E-state index contributed by atoms with van der Waals surface area (Å²) in [5, 5.41) is 8.03. The van der Waals surface area contributed by atoms with Crippen LogP contribution in [0.15, 0.2) is 88.5 Å². The Balaban J connectivity index is 1.26. The van der Waals surface area contributed by atoms with Crippen molar-refractivity contribution in [3.05, 3.63) is 100 Å². The Bertz CT molecular complexity index is 1490. The molecule has 1 N–H and O–H groups in total. The standard InChI is InChI=1S/C24H18ClN5O3/c25-17-8-6-16(7-9-17)21-11-10-19(33-21)12-26-22(31)14-29-15-27-23-20(24(29)32)13-28-30(23)18-4-2-1-3-5-18/h1-11,13,15H,12,14H2,(H,26,31). The van der Waals surface area contributed by atoms with E-state index in [1.54, 1.807) is 22.9 Å². The predicted octanol–water partition coefficient (Wildman–Crippen LogP) is 3.81. The van der Waals surface area contributed by atoms with Crippen LogP contribution in [0.2, 0.25) is 5.02 Å². The quantitative estimate of drug-likeness (QED) is 0.416. The highest BCUT2D eigenvalue weighted by atomic mass is 35.5. The van der Waals surface area contributed by atoms with Crippen LogP contribution in [0.3, 0.4) is 0 Å². The van der Waals surface area contributed by atoms with E-state index < -0.39 is 0 Å². The molecule has 164 valence electrons. The number of benzene rings is 2. The molecule has 2 aromatic carbocycles. The topological polar surface area (TPSA) is 95.0 Å². The molecule has 9 heteroatoms. The fourth-order valence-electron chi connectivity index (χ4n) is 3.46. The Hall–Kier alpha value is -4.17. The van der Waals surface area contributed by atoms with Crippen molar-refractivity contribution in [1.29, 1.82) is 0 Å². The highest BCUT2D eigenvalue weighted by molar-refractivity contribution is 6.30. The van der Waals surface area contributed by atoms with Crippen LogP contribution >= 0.6 is 11.6 Å². The zero-order valence-corrected chi connectivity index (χ0v) is 18.1. The lowest BCUT2D eigenvalue weighted by atomic mass is 10.2. The Morgan fingerprint density at radius 2 is 1.82 bits per heavy atom. The lowest BCUT2D eigenvalue weighted by molar-refractivity contribution is -0.122. The van der Waals surface area contributed by atoms with E-state index in [1.165, 1.54) is 17.1 Å². The lowest BCUT2D eigenvalue weighted by Gasteiger charge is -2.07. The van der Waals surface area contributed by atoms with E-state index in [4.69, 9.17) is 16.0 Å². The molecule has 1 amide bonds. The fourth-order valence-corrected chi connectivity index (χ4v) is 3.58. The number of nitrogens with one attached hydrogen (secondary N) is 1. The number of halogens is 1. The van der Waals surface area contributed by atoms with Crippen LogP contribution in [0.25, 0.3) is 28.0 Å². The number of aromatic nitrogens is 4. The van der Waals surface area contributed by atoms with Crippen molar-refractivity contribution in [2.75, 3.05) is 0 Å². The number of amides is 1. The number of hydrogen-bond acceptors (Lipinski definition) is 5. The summed E-state index contributed by atoms with van der Waals surface area (Å²) >= 11 is 5.92. The summed E-state index contributed by atoms with van der Waals surface area (Å²) < 4.78 is 8.64. The zero-order valence-electron chi connectivity index (χ0n) is 17.3. The summed E-state index contributed by atoms with van der Waals surface area (Å²) in [6.07, 6.45) is 2.82. The van der Waals surface area contributed by atoms with Crippen molar-refractivity contribution in [2.45, 2.75) is 13.1 Å². The molecular weight excluding hydrogens is 442 g/mol. The van der Waals surface area contributed by atoms with E-state index in [1.807, 2.05) is 48.5 Å². The molecule has 3 heterocycles. The molecule has 0 radical (unpaired) electrons. The van der Waals surface area contributed by atoms with Crippen LogP contribution in [-0.4, -0.2) is 25.2 Å². The van der Waals surface area contributed by atoms with Crippen molar-refractivity contribution in [1.82, 2.24) is 24.6 Å². The number of rotatable bonds is 6. The van der Waals surface area contributed by atoms with E-state index in [0.717, 1.165) is 11.3 Å². The van der Waals surface area contributed by atoms with Gasteiger partial charge in [0.15, 0.2) is 5.65 Å². The maximum atomic E-state index is 12.8. The molecule has 0 saturated carbocycles. The molecule has 5 aromatic rings. The van der Waals surface area contributed by atoms with E-state index in [2.05, 4.69) is 15.4 Å². The molecule has 0 atom stereocenters. The minimum atomic E-state index is -0.335. The summed E-state index contributed by atoms with van der Waals surface area (Å²) in [4.78, 5) is 29.6. The van der Waals surface area contributed by atoms with Crippen molar-refractivity contribution in [3.8, 4) is 17.0 Å². The van der Waals surface area contributed by atoms with Gasteiger partial charge >= 0.3 is 0 Å². The van der Waals surface area contributed by atoms with Gasteiger partial charge < -0.3 is 9.73 Å². The number of nitrogens with zero attached hydrogens (tertiary/aromatic N) is 4. The van der Waals surface area contributed by atoms with Gasteiger partial charge in [-0.2, -0.15) is 5.10 Å². The minimum absolute atomic E-state index is 0.164. The van der Waals surface area contributed by atoms with E-state index in [9.17, 15) is 9.59 Å². The van der Waals surface area contributed by atoms with Gasteiger partial charge in [0.25, 0.3) is 5.56 Å². The molecule has 33 heavy (non-hydrogen) atoms. The predicted molar refractivity (Wildman–Crippen MR) is 124 cm³/mol. The number of hydrogen-bond donors (Lipinski definition) is 1. The van der Waals surface area contributed by atoms with Gasteiger partial charge in [0.05, 0.1) is 18.4 Å². The Morgan fingerprint density at radius 3 is 2.61 bits per heavy atom. The summed E-state index contributed by atoms with van der Waals surface area (Å²) in [6, 6.07) is 20.3. The van der Waals surface area contributed by atoms with Gasteiger partial charge in [-0.15, -0.1) is 0 Å². The highest BCUT2D eigenvalue weighted by Gasteiger charge is 2.13. The van der Waals surface area contributed by atoms with Gasteiger partial charge in [0.2, 0.25) is 5.91 Å². The smallest absolute Gasteiger partial charge is 0.264 e. The largest absolute Gasteiger partial charge is 0.459 e. The van der Waals surface area contributed by atoms with Gasteiger partial charge in [-0.05, 0) is 48.5 Å². The zero-order chi connectivity index (χ0) is 22.8. The van der Waals surface area contributed by atoms with Crippen LogP contribution in [-0.2, 0) is 17.9 Å². The van der Waals surface area contributed by atoms with Crippen molar-refractivity contribution < 1.29 is 9.21 Å². The first-order chi connectivity index (χ1) is 16.1. The maximum absolute atomic E-state index is 12.8. The third kappa shape index (κ3) is 4.28. The summed E-state index contributed by atoms with van der Waals surface area (Å²) in [6.45, 7) is 0.0336. The first-order valence-corrected chi connectivity index (χ1v) is 10.6. The third-order valence-corrected chi connectivity index (χ3v) is 5.37. The molecule has 0 saturated heterocycles. The molecule has 5 rings (SSSR count). The van der Waals surface area contributed by atoms with Crippen molar-refractivity contribution >= 4 is 28.5 Å². The van der Waals surface area contributed by atoms with Crippen LogP contribution in [0.1, 0.15) is 5.76 Å². The number of carbonyl (C=O) groups excluding carboxylic acids is 1. The molecule has 0 spiro atoms. The third-order valence-electron chi connectivity index (χ3n) is 5.12. The average molecular weight is 460 g/mol. The lowest BCUT2D eigenvalue weighted by Crippen LogP contribution is -2.32. The van der Waals surface area contributed by atoms with Gasteiger partial charge in [0, 0.05) is 10.6 Å². The number of fused-ring (bicyclic) bond motifs is 1. The monoisotopic (exact) mass is 459 g/mol. The number of carbonyl (C=O) groups is 1. The summed E-state index contributed by atoms with van der Waals surface area (Å²) in [5.41, 5.74) is 1.79. The first kappa shape index (κ1) is 20.7. The van der Waals surface area contributed by atoms with Gasteiger partial charge in [-0.3, -0.25) is 14.2 Å². The molecule has 3 aromatic heterocycles. The Kier molecular flexibility index (Phi) is 5.50. The van der Waals surface area contributed by atoms with Gasteiger partial charge in [-0.25, -0.2) is 9.67 Å². The molecule has 8 nitrogen and oxygen atoms in total. The van der Waals surface area contributed by atoms with E-state index in [-0.39, 0.29) is 24.6 Å². The molecule has 0 aliphatic rings. The second-order valence-electron chi connectivity index (χ2n) is 7.36. The van der Waals surface area contributed by atoms with Gasteiger partial charge in [-0.1, -0.05) is 29.8 Å². The SMILES string of the molecule is O=C(Cn1cnc2c(cnn2-c2ccccc2)c1=O)NCc1ccc(-c2ccc(Cl)cc2)o1. The molecule has 0 aliphatic heterocycles. The Morgan fingerprint density at radius 1 is 1.03 bits per heavy atom. The second-order valence-corrected chi connectivity index (χ2v) is 7.79. The Labute approximate surface area is 193 Å². The van der Waals surface area contributed by atoms with Crippen LogP contribution < -0.4 is 10.9 Å². The molecule has 0 unspecified atom stereocenters. The summed E-state index contributed by atoms with van der Waals surface area (Å²) in [5.74, 6) is 0.939. The number of para-hydroxylation sites is 1. The first-order valence-electron chi connectivity index (χ1n) is 10.2. The normalized spacial score (nSPS) is 11.1. The van der Waals surface area contributed by atoms with Crippen LogP contribution in [0, 0.1) is 0 Å². The van der Waals surface area contributed by atoms with Crippen molar-refractivity contribution in [3.63, 3.8) is 0 Å². The highest BCUT2D eigenvalue weighted by Crippen LogP contribution is 2.23.